The lowest BCUT2D eigenvalue weighted by Gasteiger charge is -2.41. The van der Waals surface area contributed by atoms with Gasteiger partial charge in [0.15, 0.2) is 11.9 Å². The van der Waals surface area contributed by atoms with E-state index < -0.39 is 42.9 Å². The van der Waals surface area contributed by atoms with E-state index in [2.05, 4.69) is 0 Å². The number of nitrogens with zero attached hydrogens (tertiary/aromatic N) is 1. The van der Waals surface area contributed by atoms with Gasteiger partial charge < -0.3 is 29.9 Å². The number of aliphatic hydroxyl groups is 4. The molecule has 0 unspecified atom stereocenters. The number of nitriles is 1. The number of hydrogen-bond donors (Lipinski definition) is 4. The fourth-order valence-electron chi connectivity index (χ4n) is 1.48. The second-order valence-corrected chi connectivity index (χ2v) is 4.44. The molecule has 98 valence electrons. The second kappa shape index (κ2) is 5.27. The van der Waals surface area contributed by atoms with E-state index in [0.29, 0.717) is 0 Å². The van der Waals surface area contributed by atoms with Crippen LogP contribution in [0.5, 0.6) is 0 Å². The molecule has 0 saturated carbocycles. The smallest absolute Gasteiger partial charge is 0.188 e. The van der Waals surface area contributed by atoms with Crippen LogP contribution in [0.4, 0.5) is 0 Å². The van der Waals surface area contributed by atoms with Crippen molar-refractivity contribution in [2.75, 3.05) is 6.61 Å². The highest BCUT2D eigenvalue weighted by molar-refractivity contribution is 4.97. The summed E-state index contributed by atoms with van der Waals surface area (Å²) in [7, 11) is 0. The first kappa shape index (κ1) is 14.3. The van der Waals surface area contributed by atoms with Gasteiger partial charge in [0.05, 0.1) is 12.7 Å². The van der Waals surface area contributed by atoms with Crippen LogP contribution in [0.1, 0.15) is 13.8 Å². The molecule has 0 aromatic heterocycles. The number of hydrogen-bond acceptors (Lipinski definition) is 7. The first-order chi connectivity index (χ1) is 7.82. The summed E-state index contributed by atoms with van der Waals surface area (Å²) in [4.78, 5) is 0. The monoisotopic (exact) mass is 247 g/mol. The fourth-order valence-corrected chi connectivity index (χ4v) is 1.48. The molecule has 1 heterocycles. The predicted molar refractivity (Wildman–Crippen MR) is 54.5 cm³/mol. The third-order valence-corrected chi connectivity index (χ3v) is 2.53. The number of rotatable bonds is 3. The molecule has 1 aliphatic heterocycles. The maximum atomic E-state index is 9.63. The van der Waals surface area contributed by atoms with Gasteiger partial charge in [0, 0.05) is 0 Å². The van der Waals surface area contributed by atoms with Gasteiger partial charge in [0.25, 0.3) is 0 Å². The molecule has 0 aliphatic carbocycles. The van der Waals surface area contributed by atoms with Gasteiger partial charge in [-0.25, -0.2) is 0 Å². The molecule has 1 rings (SSSR count). The molecular weight excluding hydrogens is 230 g/mol. The van der Waals surface area contributed by atoms with Crippen molar-refractivity contribution in [1.29, 1.82) is 5.26 Å². The Balaban J connectivity index is 2.76. The highest BCUT2D eigenvalue weighted by Crippen LogP contribution is 2.25. The van der Waals surface area contributed by atoms with Crippen LogP contribution >= 0.6 is 0 Å². The summed E-state index contributed by atoms with van der Waals surface area (Å²) in [6, 6.07) is 1.85. The summed E-state index contributed by atoms with van der Waals surface area (Å²) in [6.45, 7) is 2.40. The summed E-state index contributed by atoms with van der Waals surface area (Å²) >= 11 is 0. The van der Waals surface area contributed by atoms with Gasteiger partial charge in [0.1, 0.15) is 24.4 Å². The second-order valence-electron chi connectivity index (χ2n) is 4.44. The van der Waals surface area contributed by atoms with Gasteiger partial charge in [-0.1, -0.05) is 0 Å². The lowest BCUT2D eigenvalue weighted by atomic mass is 9.99. The molecule has 5 atom stereocenters. The lowest BCUT2D eigenvalue weighted by molar-refractivity contribution is -0.316. The Kier molecular flexibility index (Phi) is 4.43. The minimum absolute atomic E-state index is 0.530. The molecule has 0 bridgehead atoms. The number of aliphatic hydroxyl groups excluding tert-OH is 4. The van der Waals surface area contributed by atoms with Crippen molar-refractivity contribution < 1.29 is 29.9 Å². The summed E-state index contributed by atoms with van der Waals surface area (Å²) in [5, 5.41) is 46.3. The zero-order valence-corrected chi connectivity index (χ0v) is 9.65. The molecule has 0 aromatic carbocycles. The van der Waals surface area contributed by atoms with Crippen molar-refractivity contribution in [2.45, 2.75) is 50.2 Å². The van der Waals surface area contributed by atoms with Crippen LogP contribution in [0.15, 0.2) is 0 Å². The van der Waals surface area contributed by atoms with Gasteiger partial charge in [0.2, 0.25) is 0 Å². The van der Waals surface area contributed by atoms with E-state index in [1.54, 1.807) is 0 Å². The van der Waals surface area contributed by atoms with Crippen molar-refractivity contribution in [3.05, 3.63) is 0 Å². The highest BCUT2D eigenvalue weighted by Gasteiger charge is 2.45. The topological polar surface area (TPSA) is 123 Å². The van der Waals surface area contributed by atoms with E-state index >= 15 is 0 Å². The van der Waals surface area contributed by atoms with Crippen LogP contribution in [-0.4, -0.2) is 63.3 Å². The predicted octanol–water partition coefficient (Wildman–Crippen LogP) is -1.89. The largest absolute Gasteiger partial charge is 0.394 e. The van der Waals surface area contributed by atoms with Crippen molar-refractivity contribution in [3.63, 3.8) is 0 Å². The van der Waals surface area contributed by atoms with Crippen molar-refractivity contribution in [2.24, 2.45) is 0 Å². The highest BCUT2D eigenvalue weighted by atomic mass is 16.7. The van der Waals surface area contributed by atoms with Crippen LogP contribution in [0.3, 0.4) is 0 Å². The summed E-state index contributed by atoms with van der Waals surface area (Å²) < 4.78 is 10.3. The standard InChI is InChI=1S/C10H17NO6/c1-10(2,4-11)17-9-8(15)7(14)6(13)5(3-12)16-9/h5-9,12-15H,3H2,1-2H3/t5-,6-,7+,8-,9-/m1/s1. The van der Waals surface area contributed by atoms with E-state index in [1.807, 2.05) is 6.07 Å². The van der Waals surface area contributed by atoms with Gasteiger partial charge in [-0.05, 0) is 13.8 Å². The van der Waals surface area contributed by atoms with Crippen molar-refractivity contribution in [1.82, 2.24) is 0 Å². The molecule has 7 nitrogen and oxygen atoms in total. The van der Waals surface area contributed by atoms with Crippen molar-refractivity contribution in [3.8, 4) is 6.07 Å². The molecule has 1 fully saturated rings. The van der Waals surface area contributed by atoms with E-state index in [1.165, 1.54) is 13.8 Å². The molecule has 1 saturated heterocycles. The van der Waals surface area contributed by atoms with Crippen LogP contribution in [0, 0.1) is 11.3 Å². The third-order valence-electron chi connectivity index (χ3n) is 2.53. The third kappa shape index (κ3) is 3.13. The Morgan fingerprint density at radius 2 is 1.82 bits per heavy atom. The normalized spacial score (nSPS) is 38.8. The molecule has 1 aliphatic rings. The van der Waals surface area contributed by atoms with Crippen LogP contribution in [0.2, 0.25) is 0 Å². The van der Waals surface area contributed by atoms with Crippen LogP contribution < -0.4 is 0 Å². The Morgan fingerprint density at radius 3 is 2.29 bits per heavy atom. The maximum Gasteiger partial charge on any atom is 0.188 e. The quantitative estimate of drug-likeness (QED) is 0.459. The average Bonchev–Trinajstić information content (AvgIpc) is 2.30. The van der Waals surface area contributed by atoms with Gasteiger partial charge in [-0.2, -0.15) is 5.26 Å². The minimum atomic E-state index is -1.50. The molecule has 17 heavy (non-hydrogen) atoms. The maximum absolute atomic E-state index is 9.63. The molecule has 7 heteroatoms. The molecule has 0 radical (unpaired) electrons. The molecule has 0 spiro atoms. The lowest BCUT2D eigenvalue weighted by Crippen LogP contribution is -2.60. The molecule has 0 amide bonds. The first-order valence-electron chi connectivity index (χ1n) is 5.22. The SMILES string of the molecule is CC(C)(C#N)O[C@H]1O[C@H](CO)[C@@H](O)[C@H](O)[C@H]1O. The van der Waals surface area contributed by atoms with Crippen LogP contribution in [0.25, 0.3) is 0 Å². The zero-order valence-electron chi connectivity index (χ0n) is 9.65. The Hall–Kier alpha value is -0.750. The zero-order chi connectivity index (χ0) is 13.2. The summed E-state index contributed by atoms with van der Waals surface area (Å²) in [5.74, 6) is 0. The number of ether oxygens (including phenoxy) is 2. The van der Waals surface area contributed by atoms with E-state index in [0.717, 1.165) is 0 Å². The first-order valence-corrected chi connectivity index (χ1v) is 5.22. The minimum Gasteiger partial charge on any atom is -0.394 e. The summed E-state index contributed by atoms with van der Waals surface area (Å²) in [5.41, 5.74) is -1.21. The fraction of sp³-hybridized carbons (Fsp3) is 0.900. The molecule has 0 aromatic rings. The Labute approximate surface area is 98.8 Å². The van der Waals surface area contributed by atoms with Crippen LogP contribution in [-0.2, 0) is 9.47 Å². The van der Waals surface area contributed by atoms with Gasteiger partial charge in [-0.3, -0.25) is 0 Å². The van der Waals surface area contributed by atoms with E-state index in [4.69, 9.17) is 19.8 Å². The average molecular weight is 247 g/mol. The van der Waals surface area contributed by atoms with Gasteiger partial charge >= 0.3 is 0 Å². The van der Waals surface area contributed by atoms with E-state index in [9.17, 15) is 15.3 Å². The van der Waals surface area contributed by atoms with Gasteiger partial charge in [-0.15, -0.1) is 0 Å². The van der Waals surface area contributed by atoms with E-state index in [-0.39, 0.29) is 0 Å². The Morgan fingerprint density at radius 1 is 1.24 bits per heavy atom. The van der Waals surface area contributed by atoms with Crippen molar-refractivity contribution >= 4 is 0 Å². The molecular formula is C10H17NO6. The summed E-state index contributed by atoms with van der Waals surface area (Å²) in [6.07, 6.45) is -6.73. The molecule has 4 N–H and O–H groups in total. The Bertz CT molecular complexity index is 300.